The molecule has 0 saturated heterocycles. The van der Waals surface area contributed by atoms with E-state index in [1.54, 1.807) is 18.2 Å². The number of hydrogen-bond acceptors (Lipinski definition) is 4. The lowest BCUT2D eigenvalue weighted by atomic mass is 10.1. The van der Waals surface area contributed by atoms with Gasteiger partial charge in [0, 0.05) is 6.54 Å². The standard InChI is InChI=1S/C19H17N3O2/c23-18(15-9-5-2-6-10-15)17-11-16(13-21-22-17)19(24)20-12-14-7-3-1-4-8-14/h1-11,13,18,23H,12H2,(H,20,24). The number of hydrogen-bond donors (Lipinski definition) is 2. The van der Waals surface area contributed by atoms with Crippen LogP contribution in [0.3, 0.4) is 0 Å². The molecule has 5 nitrogen and oxygen atoms in total. The van der Waals surface area contributed by atoms with Crippen molar-refractivity contribution in [2.24, 2.45) is 0 Å². The van der Waals surface area contributed by atoms with Gasteiger partial charge in [-0.15, -0.1) is 0 Å². The van der Waals surface area contributed by atoms with Crippen LogP contribution in [0.1, 0.15) is 33.3 Å². The predicted octanol–water partition coefficient (Wildman–Crippen LogP) is 2.49. The Morgan fingerprint density at radius 1 is 1.04 bits per heavy atom. The van der Waals surface area contributed by atoms with Gasteiger partial charge in [-0.3, -0.25) is 4.79 Å². The third-order valence-corrected chi connectivity index (χ3v) is 3.63. The quantitative estimate of drug-likeness (QED) is 0.757. The van der Waals surface area contributed by atoms with E-state index in [0.29, 0.717) is 23.4 Å². The summed E-state index contributed by atoms with van der Waals surface area (Å²) in [5.74, 6) is -0.254. The smallest absolute Gasteiger partial charge is 0.253 e. The van der Waals surface area contributed by atoms with Crippen LogP contribution in [0.15, 0.2) is 72.9 Å². The maximum atomic E-state index is 12.3. The van der Waals surface area contributed by atoms with E-state index in [2.05, 4.69) is 15.5 Å². The number of rotatable bonds is 5. The minimum absolute atomic E-state index is 0.254. The molecule has 1 amide bonds. The fraction of sp³-hybridized carbons (Fsp3) is 0.105. The van der Waals surface area contributed by atoms with Gasteiger partial charge in [-0.25, -0.2) is 0 Å². The molecule has 0 aliphatic heterocycles. The molecule has 120 valence electrons. The number of nitrogens with zero attached hydrogens (tertiary/aromatic N) is 2. The topological polar surface area (TPSA) is 75.1 Å². The second-order valence-electron chi connectivity index (χ2n) is 5.35. The van der Waals surface area contributed by atoms with E-state index in [1.807, 2.05) is 48.5 Å². The van der Waals surface area contributed by atoms with E-state index in [1.165, 1.54) is 6.20 Å². The van der Waals surface area contributed by atoms with Gasteiger partial charge in [-0.2, -0.15) is 10.2 Å². The van der Waals surface area contributed by atoms with Crippen molar-refractivity contribution in [2.45, 2.75) is 12.6 Å². The second kappa shape index (κ2) is 7.48. The van der Waals surface area contributed by atoms with E-state index in [0.717, 1.165) is 5.56 Å². The summed E-state index contributed by atoms with van der Waals surface area (Å²) in [5, 5.41) is 21.0. The van der Waals surface area contributed by atoms with Crippen LogP contribution < -0.4 is 5.32 Å². The number of benzene rings is 2. The summed E-state index contributed by atoms with van der Waals surface area (Å²) < 4.78 is 0. The summed E-state index contributed by atoms with van der Waals surface area (Å²) in [5.41, 5.74) is 2.42. The van der Waals surface area contributed by atoms with Crippen LogP contribution in [-0.2, 0) is 6.54 Å². The summed E-state index contributed by atoms with van der Waals surface area (Å²) in [6, 6.07) is 20.3. The van der Waals surface area contributed by atoms with Crippen molar-refractivity contribution >= 4 is 5.91 Å². The highest BCUT2D eigenvalue weighted by Gasteiger charge is 2.15. The van der Waals surface area contributed by atoms with Gasteiger partial charge >= 0.3 is 0 Å². The molecule has 24 heavy (non-hydrogen) atoms. The number of aliphatic hydroxyl groups excluding tert-OH is 1. The largest absolute Gasteiger partial charge is 0.382 e. The van der Waals surface area contributed by atoms with E-state index < -0.39 is 6.10 Å². The maximum Gasteiger partial charge on any atom is 0.253 e. The van der Waals surface area contributed by atoms with Crippen molar-refractivity contribution in [1.29, 1.82) is 0 Å². The number of carbonyl (C=O) groups is 1. The van der Waals surface area contributed by atoms with E-state index in [4.69, 9.17) is 0 Å². The van der Waals surface area contributed by atoms with Crippen molar-refractivity contribution < 1.29 is 9.90 Å². The number of amides is 1. The molecule has 0 bridgehead atoms. The lowest BCUT2D eigenvalue weighted by Gasteiger charge is -2.11. The average molecular weight is 319 g/mol. The molecule has 0 aliphatic carbocycles. The normalized spacial score (nSPS) is 11.7. The minimum atomic E-state index is -0.916. The molecule has 0 aliphatic rings. The van der Waals surface area contributed by atoms with Crippen LogP contribution >= 0.6 is 0 Å². The summed E-state index contributed by atoms with van der Waals surface area (Å²) in [7, 11) is 0. The van der Waals surface area contributed by atoms with E-state index in [9.17, 15) is 9.90 Å². The molecule has 0 radical (unpaired) electrons. The second-order valence-corrected chi connectivity index (χ2v) is 5.35. The Morgan fingerprint density at radius 3 is 2.42 bits per heavy atom. The zero-order valence-electron chi connectivity index (χ0n) is 13.0. The zero-order chi connectivity index (χ0) is 16.8. The fourth-order valence-electron chi connectivity index (χ4n) is 2.33. The SMILES string of the molecule is O=C(NCc1ccccc1)c1cnnc(C(O)c2ccccc2)c1. The Bertz CT molecular complexity index is 807. The molecule has 0 fully saturated rings. The molecule has 3 rings (SSSR count). The van der Waals surface area contributed by atoms with Crippen LogP contribution in [0.2, 0.25) is 0 Å². The molecule has 0 saturated carbocycles. The lowest BCUT2D eigenvalue weighted by molar-refractivity contribution is 0.0950. The monoisotopic (exact) mass is 319 g/mol. The van der Waals surface area contributed by atoms with Crippen LogP contribution in [0, 0.1) is 0 Å². The molecule has 5 heteroatoms. The van der Waals surface area contributed by atoms with Crippen molar-refractivity contribution in [3.8, 4) is 0 Å². The molecule has 1 aromatic heterocycles. The van der Waals surface area contributed by atoms with Gasteiger partial charge < -0.3 is 10.4 Å². The number of aliphatic hydroxyl groups is 1. The van der Waals surface area contributed by atoms with Crippen molar-refractivity contribution in [3.63, 3.8) is 0 Å². The Hall–Kier alpha value is -3.05. The summed E-state index contributed by atoms with van der Waals surface area (Å²) >= 11 is 0. The number of nitrogens with one attached hydrogen (secondary N) is 1. The van der Waals surface area contributed by atoms with Gasteiger partial charge in [0.1, 0.15) is 6.10 Å². The van der Waals surface area contributed by atoms with Gasteiger partial charge in [-0.1, -0.05) is 60.7 Å². The zero-order valence-corrected chi connectivity index (χ0v) is 13.0. The Labute approximate surface area is 140 Å². The van der Waals surface area contributed by atoms with Crippen molar-refractivity contribution in [3.05, 3.63) is 95.3 Å². The summed E-state index contributed by atoms with van der Waals surface area (Å²) in [4.78, 5) is 12.3. The highest BCUT2D eigenvalue weighted by molar-refractivity contribution is 5.93. The van der Waals surface area contributed by atoms with Crippen molar-refractivity contribution in [1.82, 2.24) is 15.5 Å². The molecular formula is C19H17N3O2. The fourth-order valence-corrected chi connectivity index (χ4v) is 2.33. The Kier molecular flexibility index (Phi) is 4.93. The molecule has 2 N–H and O–H groups in total. The van der Waals surface area contributed by atoms with E-state index in [-0.39, 0.29) is 5.91 Å². The van der Waals surface area contributed by atoms with Crippen LogP contribution in [0.25, 0.3) is 0 Å². The van der Waals surface area contributed by atoms with Gasteiger partial charge in [-0.05, 0) is 17.2 Å². The highest BCUT2D eigenvalue weighted by Crippen LogP contribution is 2.19. The van der Waals surface area contributed by atoms with Gasteiger partial charge in [0.15, 0.2) is 0 Å². The first-order chi connectivity index (χ1) is 11.7. The predicted molar refractivity (Wildman–Crippen MR) is 90.1 cm³/mol. The van der Waals surface area contributed by atoms with E-state index >= 15 is 0 Å². The third-order valence-electron chi connectivity index (χ3n) is 3.63. The van der Waals surface area contributed by atoms with Crippen LogP contribution in [0.4, 0.5) is 0 Å². The Morgan fingerprint density at radius 2 is 1.71 bits per heavy atom. The van der Waals surface area contributed by atoms with Crippen molar-refractivity contribution in [2.75, 3.05) is 0 Å². The number of carbonyl (C=O) groups excluding carboxylic acids is 1. The summed E-state index contributed by atoms with van der Waals surface area (Å²) in [6.07, 6.45) is 0.474. The molecular weight excluding hydrogens is 302 g/mol. The van der Waals surface area contributed by atoms with Gasteiger partial charge in [0.25, 0.3) is 5.91 Å². The average Bonchev–Trinajstić information content (AvgIpc) is 2.67. The van der Waals surface area contributed by atoms with Gasteiger partial charge in [0.2, 0.25) is 0 Å². The van der Waals surface area contributed by atoms with Crippen LogP contribution in [-0.4, -0.2) is 21.2 Å². The number of aromatic nitrogens is 2. The molecule has 1 unspecified atom stereocenters. The highest BCUT2D eigenvalue weighted by atomic mass is 16.3. The molecule has 1 heterocycles. The van der Waals surface area contributed by atoms with Crippen LogP contribution in [0.5, 0.6) is 0 Å². The molecule has 3 aromatic rings. The first-order valence-electron chi connectivity index (χ1n) is 7.62. The first-order valence-corrected chi connectivity index (χ1v) is 7.62. The molecule has 2 aromatic carbocycles. The Balaban J connectivity index is 1.71. The first kappa shape index (κ1) is 15.8. The minimum Gasteiger partial charge on any atom is -0.382 e. The third kappa shape index (κ3) is 3.83. The summed E-state index contributed by atoms with van der Waals surface area (Å²) in [6.45, 7) is 0.429. The van der Waals surface area contributed by atoms with Gasteiger partial charge in [0.05, 0.1) is 17.5 Å². The lowest BCUT2D eigenvalue weighted by Crippen LogP contribution is -2.23. The molecule has 1 atom stereocenters. The molecule has 0 spiro atoms. The maximum absolute atomic E-state index is 12.3.